The highest BCUT2D eigenvalue weighted by Gasteiger charge is 2.19. The number of aromatic nitrogens is 1. The van der Waals surface area contributed by atoms with Crippen LogP contribution in [0, 0.1) is 6.92 Å². The van der Waals surface area contributed by atoms with Gasteiger partial charge in [-0.1, -0.05) is 20.8 Å². The molecule has 0 saturated carbocycles. The highest BCUT2D eigenvalue weighted by Crippen LogP contribution is 2.30. The summed E-state index contributed by atoms with van der Waals surface area (Å²) in [6.07, 6.45) is 1.85. The SMILES string of the molecule is Cc1cc2nccc(C(C)(C)C)c2cc1C(=O)NCCN1CCOCC1. The maximum Gasteiger partial charge on any atom is 0.251 e. The number of hydrogen-bond acceptors (Lipinski definition) is 4. The molecule has 0 spiro atoms. The van der Waals surface area contributed by atoms with Gasteiger partial charge in [0.2, 0.25) is 0 Å². The van der Waals surface area contributed by atoms with Gasteiger partial charge in [0, 0.05) is 43.3 Å². The first-order valence-electron chi connectivity index (χ1n) is 9.34. The highest BCUT2D eigenvalue weighted by atomic mass is 16.5. The number of carbonyl (C=O) groups excluding carboxylic acids is 1. The normalized spacial score (nSPS) is 16.0. The number of aryl methyl sites for hydroxylation is 1. The number of nitrogens with one attached hydrogen (secondary N) is 1. The molecule has 2 aromatic rings. The first kappa shape index (κ1) is 18.8. The Kier molecular flexibility index (Phi) is 5.58. The Morgan fingerprint density at radius 2 is 2.00 bits per heavy atom. The van der Waals surface area contributed by atoms with E-state index in [-0.39, 0.29) is 11.3 Å². The van der Waals surface area contributed by atoms with Crippen LogP contribution in [0.4, 0.5) is 0 Å². The smallest absolute Gasteiger partial charge is 0.251 e. The molecule has 1 aliphatic heterocycles. The molecule has 5 heteroatoms. The van der Waals surface area contributed by atoms with E-state index in [1.807, 2.05) is 25.3 Å². The van der Waals surface area contributed by atoms with Crippen LogP contribution >= 0.6 is 0 Å². The molecule has 0 radical (unpaired) electrons. The lowest BCUT2D eigenvalue weighted by Crippen LogP contribution is -2.41. The summed E-state index contributed by atoms with van der Waals surface area (Å²) in [5.41, 5.74) is 3.85. The quantitative estimate of drug-likeness (QED) is 0.916. The van der Waals surface area contributed by atoms with Gasteiger partial charge in [-0.25, -0.2) is 0 Å². The maximum absolute atomic E-state index is 12.7. The molecule has 1 saturated heterocycles. The zero-order chi connectivity index (χ0) is 18.7. The third-order valence-electron chi connectivity index (χ3n) is 4.96. The van der Waals surface area contributed by atoms with Crippen LogP contribution in [-0.4, -0.2) is 55.2 Å². The predicted octanol–water partition coefficient (Wildman–Crippen LogP) is 2.90. The second-order valence-corrected chi connectivity index (χ2v) is 8.00. The van der Waals surface area contributed by atoms with Crippen molar-refractivity contribution in [2.24, 2.45) is 0 Å². The van der Waals surface area contributed by atoms with Gasteiger partial charge in [0.1, 0.15) is 0 Å². The molecule has 0 aliphatic carbocycles. The fourth-order valence-electron chi connectivity index (χ4n) is 3.44. The van der Waals surface area contributed by atoms with Crippen molar-refractivity contribution in [2.45, 2.75) is 33.1 Å². The van der Waals surface area contributed by atoms with E-state index in [4.69, 9.17) is 4.74 Å². The number of hydrogen-bond donors (Lipinski definition) is 1. The first-order chi connectivity index (χ1) is 12.4. The molecule has 1 aromatic heterocycles. The van der Waals surface area contributed by atoms with Gasteiger partial charge in [0.25, 0.3) is 5.91 Å². The number of benzene rings is 1. The summed E-state index contributed by atoms with van der Waals surface area (Å²) in [6.45, 7) is 13.5. The lowest BCUT2D eigenvalue weighted by molar-refractivity contribution is 0.0383. The number of fused-ring (bicyclic) bond motifs is 1. The van der Waals surface area contributed by atoms with Crippen molar-refractivity contribution in [2.75, 3.05) is 39.4 Å². The zero-order valence-electron chi connectivity index (χ0n) is 16.3. The average molecular weight is 355 g/mol. The Bertz CT molecular complexity index is 790. The zero-order valence-corrected chi connectivity index (χ0v) is 16.3. The van der Waals surface area contributed by atoms with Gasteiger partial charge in [-0.15, -0.1) is 0 Å². The van der Waals surface area contributed by atoms with Crippen molar-refractivity contribution in [3.8, 4) is 0 Å². The van der Waals surface area contributed by atoms with Crippen LogP contribution in [-0.2, 0) is 10.2 Å². The highest BCUT2D eigenvalue weighted by molar-refractivity contribution is 6.00. The summed E-state index contributed by atoms with van der Waals surface area (Å²) in [5, 5.41) is 4.13. The van der Waals surface area contributed by atoms with Gasteiger partial charge in [0.15, 0.2) is 0 Å². The van der Waals surface area contributed by atoms with Gasteiger partial charge in [-0.3, -0.25) is 14.7 Å². The van der Waals surface area contributed by atoms with E-state index in [9.17, 15) is 4.79 Å². The van der Waals surface area contributed by atoms with Crippen molar-refractivity contribution in [1.29, 1.82) is 0 Å². The Morgan fingerprint density at radius 1 is 1.27 bits per heavy atom. The van der Waals surface area contributed by atoms with Gasteiger partial charge in [0.05, 0.1) is 18.7 Å². The lowest BCUT2D eigenvalue weighted by atomic mass is 9.84. The predicted molar refractivity (Wildman–Crippen MR) is 105 cm³/mol. The number of carbonyl (C=O) groups is 1. The summed E-state index contributed by atoms with van der Waals surface area (Å²) in [4.78, 5) is 19.5. The fraction of sp³-hybridized carbons (Fsp3) is 0.524. The van der Waals surface area contributed by atoms with Crippen LogP contribution in [0.1, 0.15) is 42.3 Å². The molecule has 1 aromatic carbocycles. The monoisotopic (exact) mass is 355 g/mol. The Hall–Kier alpha value is -1.98. The van der Waals surface area contributed by atoms with Crippen molar-refractivity contribution < 1.29 is 9.53 Å². The molecule has 26 heavy (non-hydrogen) atoms. The molecule has 1 aliphatic rings. The Morgan fingerprint density at radius 3 is 2.69 bits per heavy atom. The van der Waals surface area contributed by atoms with Crippen LogP contribution < -0.4 is 5.32 Å². The summed E-state index contributed by atoms with van der Waals surface area (Å²) in [6, 6.07) is 6.07. The Balaban J connectivity index is 1.78. The molecular weight excluding hydrogens is 326 g/mol. The minimum absolute atomic E-state index is 0.000523. The van der Waals surface area contributed by atoms with E-state index in [0.29, 0.717) is 6.54 Å². The molecule has 0 bridgehead atoms. The Labute approximate surface area is 155 Å². The van der Waals surface area contributed by atoms with E-state index < -0.39 is 0 Å². The molecule has 5 nitrogen and oxygen atoms in total. The van der Waals surface area contributed by atoms with E-state index in [1.54, 1.807) is 0 Å². The number of ether oxygens (including phenoxy) is 1. The minimum Gasteiger partial charge on any atom is -0.379 e. The summed E-state index contributed by atoms with van der Waals surface area (Å²) in [7, 11) is 0. The second-order valence-electron chi connectivity index (χ2n) is 8.00. The van der Waals surface area contributed by atoms with Crippen molar-refractivity contribution in [3.63, 3.8) is 0 Å². The second kappa shape index (κ2) is 7.72. The van der Waals surface area contributed by atoms with Crippen LogP contribution in [0.3, 0.4) is 0 Å². The molecule has 2 heterocycles. The molecule has 3 rings (SSSR count). The molecule has 1 amide bonds. The minimum atomic E-state index is -0.0126. The van der Waals surface area contributed by atoms with Crippen molar-refractivity contribution >= 4 is 16.8 Å². The summed E-state index contributed by atoms with van der Waals surface area (Å²) < 4.78 is 5.36. The van der Waals surface area contributed by atoms with Crippen molar-refractivity contribution in [1.82, 2.24) is 15.2 Å². The molecule has 1 N–H and O–H groups in total. The average Bonchev–Trinajstić information content (AvgIpc) is 2.60. The molecule has 140 valence electrons. The fourth-order valence-corrected chi connectivity index (χ4v) is 3.44. The van der Waals surface area contributed by atoms with E-state index in [1.165, 1.54) is 5.56 Å². The molecule has 0 unspecified atom stereocenters. The summed E-state index contributed by atoms with van der Waals surface area (Å²) in [5.74, 6) is -0.0126. The van der Waals surface area contributed by atoms with Crippen LogP contribution in [0.5, 0.6) is 0 Å². The van der Waals surface area contributed by atoms with E-state index in [2.05, 4.69) is 42.0 Å². The molecular formula is C21H29N3O2. The van der Waals surface area contributed by atoms with Crippen LogP contribution in [0.15, 0.2) is 24.4 Å². The third-order valence-corrected chi connectivity index (χ3v) is 4.96. The number of rotatable bonds is 4. The van der Waals surface area contributed by atoms with E-state index in [0.717, 1.165) is 54.9 Å². The van der Waals surface area contributed by atoms with Crippen LogP contribution in [0.2, 0.25) is 0 Å². The first-order valence-corrected chi connectivity index (χ1v) is 9.34. The van der Waals surface area contributed by atoms with Gasteiger partial charge < -0.3 is 10.1 Å². The third kappa shape index (κ3) is 4.22. The number of nitrogens with zero attached hydrogens (tertiary/aromatic N) is 2. The molecule has 1 fully saturated rings. The largest absolute Gasteiger partial charge is 0.379 e. The maximum atomic E-state index is 12.7. The summed E-state index contributed by atoms with van der Waals surface area (Å²) >= 11 is 0. The standard InChI is InChI=1S/C21H29N3O2/c1-15-13-19-17(18(5-6-22-19)21(2,3)4)14-16(15)20(25)23-7-8-24-9-11-26-12-10-24/h5-6,13-14H,7-12H2,1-4H3,(H,23,25). The number of amides is 1. The van der Waals surface area contributed by atoms with Gasteiger partial charge in [-0.2, -0.15) is 0 Å². The van der Waals surface area contributed by atoms with Gasteiger partial charge >= 0.3 is 0 Å². The van der Waals surface area contributed by atoms with E-state index >= 15 is 0 Å². The topological polar surface area (TPSA) is 54.5 Å². The number of pyridine rings is 1. The lowest BCUT2D eigenvalue weighted by Gasteiger charge is -2.26. The number of morpholine rings is 1. The van der Waals surface area contributed by atoms with Crippen LogP contribution in [0.25, 0.3) is 10.9 Å². The van der Waals surface area contributed by atoms with Gasteiger partial charge in [-0.05, 0) is 41.7 Å². The van der Waals surface area contributed by atoms with Crippen molar-refractivity contribution in [3.05, 3.63) is 41.1 Å². The molecule has 0 atom stereocenters.